The zero-order valence-electron chi connectivity index (χ0n) is 10.9. The number of aryl methyl sites for hydroxylation is 2. The summed E-state index contributed by atoms with van der Waals surface area (Å²) in [7, 11) is 1.98. The summed E-state index contributed by atoms with van der Waals surface area (Å²) >= 11 is 0. The number of fused-ring (bicyclic) bond motifs is 1. The van der Waals surface area contributed by atoms with E-state index >= 15 is 0 Å². The fraction of sp³-hybridized carbons (Fsp3) is 0.125. The highest BCUT2D eigenvalue weighted by atomic mass is 15.0. The van der Waals surface area contributed by atoms with Crippen molar-refractivity contribution in [3.05, 3.63) is 59.7 Å². The smallest absolute Gasteiger partial charge is 0.113 e. The molecule has 0 radical (unpaired) electrons. The number of benzene rings is 1. The summed E-state index contributed by atoms with van der Waals surface area (Å²) in [5.41, 5.74) is 4.82. The average molecular weight is 247 g/mol. The van der Waals surface area contributed by atoms with Gasteiger partial charge in [0.1, 0.15) is 5.69 Å². The first kappa shape index (κ1) is 11.5. The van der Waals surface area contributed by atoms with Crippen LogP contribution in [0.3, 0.4) is 0 Å². The van der Waals surface area contributed by atoms with Crippen molar-refractivity contribution < 1.29 is 0 Å². The van der Waals surface area contributed by atoms with E-state index in [1.54, 1.807) is 0 Å². The van der Waals surface area contributed by atoms with Gasteiger partial charge in [0.15, 0.2) is 0 Å². The minimum Gasteiger partial charge on any atom is -0.334 e. The first-order valence-electron chi connectivity index (χ1n) is 6.09. The fourth-order valence-electron chi connectivity index (χ4n) is 1.95. The molecule has 1 aromatic carbocycles. The Kier molecular flexibility index (Phi) is 2.77. The molecular weight excluding hydrogens is 234 g/mol. The molecule has 0 saturated heterocycles. The van der Waals surface area contributed by atoms with Crippen molar-refractivity contribution in [3.63, 3.8) is 0 Å². The van der Waals surface area contributed by atoms with E-state index in [0.29, 0.717) is 0 Å². The molecule has 3 rings (SSSR count). The molecule has 0 aliphatic rings. The van der Waals surface area contributed by atoms with Gasteiger partial charge >= 0.3 is 0 Å². The van der Waals surface area contributed by atoms with Crippen molar-refractivity contribution in [3.8, 4) is 11.8 Å². The molecule has 0 atom stereocenters. The Hall–Kier alpha value is -2.60. The molecule has 0 saturated carbocycles. The number of hydrogen-bond acceptors (Lipinski definition) is 2. The molecule has 92 valence electrons. The van der Waals surface area contributed by atoms with Gasteiger partial charge in [-0.3, -0.25) is 0 Å². The molecule has 0 bridgehead atoms. The number of pyridine rings is 1. The van der Waals surface area contributed by atoms with Gasteiger partial charge in [0, 0.05) is 18.3 Å². The van der Waals surface area contributed by atoms with Crippen LogP contribution in [0.25, 0.3) is 11.0 Å². The third-order valence-corrected chi connectivity index (χ3v) is 2.95. The first-order chi connectivity index (χ1) is 9.22. The van der Waals surface area contributed by atoms with Crippen LogP contribution in [0.4, 0.5) is 0 Å². The number of aromatic nitrogens is 3. The van der Waals surface area contributed by atoms with Crippen LogP contribution in [0.1, 0.15) is 17.0 Å². The molecule has 0 amide bonds. The normalized spacial score (nSPS) is 10.2. The van der Waals surface area contributed by atoms with Gasteiger partial charge in [-0.1, -0.05) is 12.0 Å². The molecular formula is C16H13N3. The molecule has 0 aliphatic carbocycles. The lowest BCUT2D eigenvalue weighted by Crippen LogP contribution is -1.86. The van der Waals surface area contributed by atoms with E-state index in [4.69, 9.17) is 0 Å². The number of imidazole rings is 1. The summed E-state index contributed by atoms with van der Waals surface area (Å²) in [6, 6.07) is 11.9. The van der Waals surface area contributed by atoms with Crippen LogP contribution in [-0.4, -0.2) is 14.5 Å². The van der Waals surface area contributed by atoms with Gasteiger partial charge < -0.3 is 4.57 Å². The van der Waals surface area contributed by atoms with Gasteiger partial charge in [-0.05, 0) is 43.2 Å². The second-order valence-electron chi connectivity index (χ2n) is 4.47. The lowest BCUT2D eigenvalue weighted by atomic mass is 10.2. The predicted octanol–water partition coefficient (Wildman–Crippen LogP) is 2.68. The SMILES string of the molecule is Cc1cccc(C#Cc2ccc3ncn(C)c3c2)n1. The summed E-state index contributed by atoms with van der Waals surface area (Å²) in [5, 5.41) is 0. The van der Waals surface area contributed by atoms with E-state index in [0.717, 1.165) is 28.0 Å². The standard InChI is InChI=1S/C16H13N3/c1-12-4-3-5-14(18-12)8-6-13-7-9-15-16(10-13)19(2)11-17-15/h3-5,7,9-11H,1-2H3. The average Bonchev–Trinajstić information content (AvgIpc) is 2.78. The minimum atomic E-state index is 0.796. The lowest BCUT2D eigenvalue weighted by Gasteiger charge is -1.95. The van der Waals surface area contributed by atoms with Crippen LogP contribution in [-0.2, 0) is 7.05 Å². The zero-order valence-corrected chi connectivity index (χ0v) is 10.9. The Morgan fingerprint density at radius 1 is 1.11 bits per heavy atom. The Labute approximate surface area is 111 Å². The van der Waals surface area contributed by atoms with Gasteiger partial charge in [-0.15, -0.1) is 0 Å². The van der Waals surface area contributed by atoms with Crippen molar-refractivity contribution in [1.29, 1.82) is 0 Å². The molecule has 3 heteroatoms. The molecule has 3 aromatic rings. The Morgan fingerprint density at radius 3 is 2.84 bits per heavy atom. The molecule has 19 heavy (non-hydrogen) atoms. The van der Waals surface area contributed by atoms with Crippen LogP contribution in [0, 0.1) is 18.8 Å². The quantitative estimate of drug-likeness (QED) is 0.572. The van der Waals surface area contributed by atoms with Crippen LogP contribution in [0.15, 0.2) is 42.7 Å². The molecule has 0 fully saturated rings. The summed E-state index contributed by atoms with van der Waals surface area (Å²) in [4.78, 5) is 8.66. The highest BCUT2D eigenvalue weighted by Crippen LogP contribution is 2.13. The van der Waals surface area contributed by atoms with Crippen molar-refractivity contribution in [2.75, 3.05) is 0 Å². The van der Waals surface area contributed by atoms with Crippen LogP contribution in [0.2, 0.25) is 0 Å². The van der Waals surface area contributed by atoms with E-state index in [1.807, 2.05) is 61.3 Å². The summed E-state index contributed by atoms with van der Waals surface area (Å²) in [6.45, 7) is 1.97. The van der Waals surface area contributed by atoms with Crippen molar-refractivity contribution in [2.45, 2.75) is 6.92 Å². The second-order valence-corrected chi connectivity index (χ2v) is 4.47. The summed E-state index contributed by atoms with van der Waals surface area (Å²) in [5.74, 6) is 6.23. The van der Waals surface area contributed by atoms with Crippen LogP contribution < -0.4 is 0 Å². The summed E-state index contributed by atoms with van der Waals surface area (Å²) in [6.07, 6.45) is 1.81. The number of nitrogens with zero attached hydrogens (tertiary/aromatic N) is 3. The molecule has 2 aromatic heterocycles. The van der Waals surface area contributed by atoms with Crippen molar-refractivity contribution in [2.24, 2.45) is 7.05 Å². The Balaban J connectivity index is 2.00. The largest absolute Gasteiger partial charge is 0.334 e. The maximum Gasteiger partial charge on any atom is 0.113 e. The predicted molar refractivity (Wildman–Crippen MR) is 75.7 cm³/mol. The maximum atomic E-state index is 4.37. The van der Waals surface area contributed by atoms with Crippen LogP contribution >= 0.6 is 0 Å². The molecule has 0 N–H and O–H groups in total. The van der Waals surface area contributed by atoms with Crippen molar-refractivity contribution >= 4 is 11.0 Å². The molecule has 3 nitrogen and oxygen atoms in total. The second kappa shape index (κ2) is 4.58. The fourth-order valence-corrected chi connectivity index (χ4v) is 1.95. The Morgan fingerprint density at radius 2 is 2.00 bits per heavy atom. The molecule has 0 unspecified atom stereocenters. The van der Waals surface area contributed by atoms with Gasteiger partial charge in [-0.25, -0.2) is 9.97 Å². The summed E-state index contributed by atoms with van der Waals surface area (Å²) < 4.78 is 1.99. The number of hydrogen-bond donors (Lipinski definition) is 0. The van der Waals surface area contributed by atoms with Crippen molar-refractivity contribution in [1.82, 2.24) is 14.5 Å². The van der Waals surface area contributed by atoms with E-state index in [-0.39, 0.29) is 0 Å². The topological polar surface area (TPSA) is 30.7 Å². The molecule has 0 aliphatic heterocycles. The highest BCUT2D eigenvalue weighted by Gasteiger charge is 1.99. The minimum absolute atomic E-state index is 0.796. The van der Waals surface area contributed by atoms with E-state index in [9.17, 15) is 0 Å². The van der Waals surface area contributed by atoms with Crippen LogP contribution in [0.5, 0.6) is 0 Å². The molecule has 2 heterocycles. The van der Waals surface area contributed by atoms with E-state index < -0.39 is 0 Å². The van der Waals surface area contributed by atoms with E-state index in [2.05, 4.69) is 21.8 Å². The Bertz CT molecular complexity index is 803. The lowest BCUT2D eigenvalue weighted by molar-refractivity contribution is 0.947. The first-order valence-corrected chi connectivity index (χ1v) is 6.09. The maximum absolute atomic E-state index is 4.37. The van der Waals surface area contributed by atoms with E-state index in [1.165, 1.54) is 0 Å². The highest BCUT2D eigenvalue weighted by molar-refractivity contribution is 5.77. The molecule has 0 spiro atoms. The van der Waals surface area contributed by atoms with Gasteiger partial charge in [0.2, 0.25) is 0 Å². The van der Waals surface area contributed by atoms with Gasteiger partial charge in [0.05, 0.1) is 17.4 Å². The van der Waals surface area contributed by atoms with Gasteiger partial charge in [-0.2, -0.15) is 0 Å². The monoisotopic (exact) mass is 247 g/mol. The zero-order chi connectivity index (χ0) is 13.2. The third kappa shape index (κ3) is 2.34. The van der Waals surface area contributed by atoms with Gasteiger partial charge in [0.25, 0.3) is 0 Å². The third-order valence-electron chi connectivity index (χ3n) is 2.95. The number of rotatable bonds is 0.